The largest absolute Gasteiger partial charge is 0.504 e. The van der Waals surface area contributed by atoms with E-state index in [-0.39, 0.29) is 11.5 Å². The van der Waals surface area contributed by atoms with Crippen LogP contribution in [0.15, 0.2) is 24.3 Å². The zero-order chi connectivity index (χ0) is 17.0. The van der Waals surface area contributed by atoms with Gasteiger partial charge in [0.15, 0.2) is 23.9 Å². The number of aliphatic hydroxyl groups is 3. The van der Waals surface area contributed by atoms with E-state index in [2.05, 4.69) is 0 Å². The third-order valence-corrected chi connectivity index (χ3v) is 3.36. The van der Waals surface area contributed by atoms with Crippen molar-refractivity contribution in [2.75, 3.05) is 13.7 Å². The lowest BCUT2D eigenvalue weighted by Crippen LogP contribution is -2.37. The second kappa shape index (κ2) is 7.42. The fourth-order valence-electron chi connectivity index (χ4n) is 2.13. The molecule has 1 aliphatic rings. The Balaban J connectivity index is 1.99. The number of carbonyl (C=O) groups is 1. The molecule has 8 heteroatoms. The third kappa shape index (κ3) is 3.99. The molecule has 0 radical (unpaired) electrons. The maximum atomic E-state index is 11.7. The monoisotopic (exact) mass is 326 g/mol. The molecule has 126 valence electrons. The van der Waals surface area contributed by atoms with Crippen molar-refractivity contribution in [3.63, 3.8) is 0 Å². The molecule has 1 aliphatic heterocycles. The molecule has 0 saturated carbocycles. The zero-order valence-corrected chi connectivity index (χ0v) is 12.3. The van der Waals surface area contributed by atoms with Gasteiger partial charge in [0, 0.05) is 6.08 Å². The van der Waals surface area contributed by atoms with E-state index in [0.717, 1.165) is 6.08 Å². The average molecular weight is 326 g/mol. The molecule has 0 spiro atoms. The summed E-state index contributed by atoms with van der Waals surface area (Å²) in [6.45, 7) is -0.505. The summed E-state index contributed by atoms with van der Waals surface area (Å²) in [6.07, 6.45) is -2.60. The van der Waals surface area contributed by atoms with Gasteiger partial charge in [0.25, 0.3) is 0 Å². The highest BCUT2D eigenvalue weighted by atomic mass is 16.7. The van der Waals surface area contributed by atoms with Crippen LogP contribution in [0.5, 0.6) is 11.5 Å². The predicted molar refractivity (Wildman–Crippen MR) is 77.5 cm³/mol. The number of aromatic hydroxyl groups is 1. The van der Waals surface area contributed by atoms with Gasteiger partial charge in [-0.1, -0.05) is 6.07 Å². The number of ether oxygens (including phenoxy) is 3. The molecular formula is C15H18O8. The van der Waals surface area contributed by atoms with Gasteiger partial charge in [-0.05, 0) is 23.8 Å². The minimum atomic E-state index is -1.51. The Kier molecular flexibility index (Phi) is 5.56. The van der Waals surface area contributed by atoms with Gasteiger partial charge in [0.1, 0.15) is 12.2 Å². The van der Waals surface area contributed by atoms with E-state index in [1.165, 1.54) is 25.3 Å². The molecule has 1 aromatic carbocycles. The molecule has 0 aromatic heterocycles. The normalized spacial score (nSPS) is 27.3. The van der Waals surface area contributed by atoms with E-state index in [9.17, 15) is 20.1 Å². The highest BCUT2D eigenvalue weighted by molar-refractivity contribution is 5.87. The standard InChI is InChI=1S/C15H18O8/c1-21-10-6-8(2-4-9(10)17)3-5-12(18)23-14-13(19)11(7-16)22-15(14)20/h2-6,11,13-17,19-20H,7H2,1H3/b5-3+/t11-,13-,14+,15+/m0/s1. The van der Waals surface area contributed by atoms with Crippen molar-refractivity contribution in [3.05, 3.63) is 29.8 Å². The van der Waals surface area contributed by atoms with Gasteiger partial charge < -0.3 is 34.6 Å². The van der Waals surface area contributed by atoms with Crippen LogP contribution in [0.3, 0.4) is 0 Å². The van der Waals surface area contributed by atoms with Crippen molar-refractivity contribution in [3.8, 4) is 11.5 Å². The highest BCUT2D eigenvalue weighted by Crippen LogP contribution is 2.27. The van der Waals surface area contributed by atoms with Crippen LogP contribution in [0.25, 0.3) is 6.08 Å². The van der Waals surface area contributed by atoms with Crippen molar-refractivity contribution in [2.24, 2.45) is 0 Å². The van der Waals surface area contributed by atoms with Gasteiger partial charge >= 0.3 is 5.97 Å². The number of phenols is 1. The smallest absolute Gasteiger partial charge is 0.331 e. The van der Waals surface area contributed by atoms with E-state index in [1.54, 1.807) is 6.07 Å². The van der Waals surface area contributed by atoms with Crippen molar-refractivity contribution < 1.29 is 39.4 Å². The molecule has 2 rings (SSSR count). The first-order valence-electron chi connectivity index (χ1n) is 6.84. The Morgan fingerprint density at radius 1 is 1.39 bits per heavy atom. The first-order chi connectivity index (χ1) is 11.0. The van der Waals surface area contributed by atoms with Crippen molar-refractivity contribution in [1.29, 1.82) is 0 Å². The number of hydrogen-bond acceptors (Lipinski definition) is 8. The Hall–Kier alpha value is -2.13. The molecule has 23 heavy (non-hydrogen) atoms. The number of esters is 1. The zero-order valence-electron chi connectivity index (χ0n) is 12.3. The number of phenolic OH excluding ortho intramolecular Hbond substituents is 1. The Labute approximate surface area is 132 Å². The first kappa shape index (κ1) is 17.2. The highest BCUT2D eigenvalue weighted by Gasteiger charge is 2.44. The molecule has 8 nitrogen and oxygen atoms in total. The molecular weight excluding hydrogens is 308 g/mol. The molecule has 1 saturated heterocycles. The molecule has 4 N–H and O–H groups in total. The second-order valence-electron chi connectivity index (χ2n) is 4.90. The van der Waals surface area contributed by atoms with Gasteiger partial charge in [-0.15, -0.1) is 0 Å². The molecule has 4 atom stereocenters. The maximum absolute atomic E-state index is 11.7. The molecule has 1 fully saturated rings. The lowest BCUT2D eigenvalue weighted by Gasteiger charge is -2.16. The quantitative estimate of drug-likeness (QED) is 0.417. The fraction of sp³-hybridized carbons (Fsp3) is 0.400. The maximum Gasteiger partial charge on any atom is 0.331 e. The number of aliphatic hydroxyl groups excluding tert-OH is 3. The summed E-state index contributed by atoms with van der Waals surface area (Å²) in [5.74, 6) is -0.583. The lowest BCUT2D eigenvalue weighted by atomic mass is 10.1. The SMILES string of the molecule is COc1cc(/C=C/C(=O)O[C@@H]2[C@@H](O)[C@H](CO)O[C@H]2O)ccc1O. The Morgan fingerprint density at radius 2 is 2.13 bits per heavy atom. The predicted octanol–water partition coefficient (Wildman–Crippen LogP) is -0.604. The summed E-state index contributed by atoms with van der Waals surface area (Å²) in [5, 5.41) is 37.7. The lowest BCUT2D eigenvalue weighted by molar-refractivity contribution is -0.168. The number of benzene rings is 1. The van der Waals surface area contributed by atoms with Crippen LogP contribution in [-0.2, 0) is 14.3 Å². The van der Waals surface area contributed by atoms with Crippen LogP contribution in [0.1, 0.15) is 5.56 Å². The van der Waals surface area contributed by atoms with Crippen LogP contribution in [0.4, 0.5) is 0 Å². The number of hydrogen-bond donors (Lipinski definition) is 4. The van der Waals surface area contributed by atoms with Crippen LogP contribution >= 0.6 is 0 Å². The van der Waals surface area contributed by atoms with E-state index in [0.29, 0.717) is 5.56 Å². The Bertz CT molecular complexity index is 585. The van der Waals surface area contributed by atoms with E-state index >= 15 is 0 Å². The van der Waals surface area contributed by atoms with Gasteiger partial charge in [0.2, 0.25) is 0 Å². The molecule has 1 heterocycles. The van der Waals surface area contributed by atoms with Gasteiger partial charge in [-0.2, -0.15) is 0 Å². The molecule has 0 aliphatic carbocycles. The summed E-state index contributed by atoms with van der Waals surface area (Å²) in [5.41, 5.74) is 0.577. The third-order valence-electron chi connectivity index (χ3n) is 3.36. The van der Waals surface area contributed by atoms with Gasteiger partial charge in [0.05, 0.1) is 13.7 Å². The van der Waals surface area contributed by atoms with Crippen LogP contribution in [0.2, 0.25) is 0 Å². The summed E-state index contributed by atoms with van der Waals surface area (Å²) < 4.78 is 14.7. The summed E-state index contributed by atoms with van der Waals surface area (Å²) in [7, 11) is 1.40. The van der Waals surface area contributed by atoms with Crippen LogP contribution in [0, 0.1) is 0 Å². The van der Waals surface area contributed by atoms with Gasteiger partial charge in [-0.3, -0.25) is 0 Å². The van der Waals surface area contributed by atoms with Crippen LogP contribution in [-0.4, -0.2) is 64.7 Å². The fourth-order valence-corrected chi connectivity index (χ4v) is 2.13. The minimum Gasteiger partial charge on any atom is -0.504 e. The average Bonchev–Trinajstić information content (AvgIpc) is 2.81. The van der Waals surface area contributed by atoms with Crippen molar-refractivity contribution in [2.45, 2.75) is 24.6 Å². The van der Waals surface area contributed by atoms with E-state index in [1.807, 2.05) is 0 Å². The van der Waals surface area contributed by atoms with E-state index < -0.39 is 37.2 Å². The number of rotatable bonds is 5. The van der Waals surface area contributed by atoms with Crippen molar-refractivity contribution >= 4 is 12.0 Å². The summed E-state index contributed by atoms with van der Waals surface area (Å²) >= 11 is 0. The number of carbonyl (C=O) groups excluding carboxylic acids is 1. The van der Waals surface area contributed by atoms with Crippen molar-refractivity contribution in [1.82, 2.24) is 0 Å². The topological polar surface area (TPSA) is 126 Å². The molecule has 1 aromatic rings. The molecule has 0 unspecified atom stereocenters. The number of methoxy groups -OCH3 is 1. The summed E-state index contributed by atoms with van der Waals surface area (Å²) in [4.78, 5) is 11.7. The first-order valence-corrected chi connectivity index (χ1v) is 6.84. The van der Waals surface area contributed by atoms with Crippen LogP contribution < -0.4 is 4.74 Å². The Morgan fingerprint density at radius 3 is 2.74 bits per heavy atom. The van der Waals surface area contributed by atoms with E-state index in [4.69, 9.17) is 19.3 Å². The van der Waals surface area contributed by atoms with Gasteiger partial charge in [-0.25, -0.2) is 4.79 Å². The second-order valence-corrected chi connectivity index (χ2v) is 4.90. The minimum absolute atomic E-state index is 0.0309. The summed E-state index contributed by atoms with van der Waals surface area (Å²) in [6, 6.07) is 4.49. The molecule has 0 amide bonds. The molecule has 0 bridgehead atoms.